The molecule has 2 N–H and O–H groups in total. The smallest absolute Gasteiger partial charge is 0.417 e. The predicted molar refractivity (Wildman–Crippen MR) is 106 cm³/mol. The van der Waals surface area contributed by atoms with E-state index in [1.807, 2.05) is 81.4 Å². The van der Waals surface area contributed by atoms with E-state index in [1.54, 1.807) is 6.92 Å². The third kappa shape index (κ3) is 5.41. The Morgan fingerprint density at radius 1 is 1.00 bits per heavy atom. The van der Waals surface area contributed by atoms with Crippen LogP contribution in [0.4, 0.5) is 4.79 Å². The van der Waals surface area contributed by atoms with Gasteiger partial charge in [-0.2, -0.15) is 0 Å². The van der Waals surface area contributed by atoms with Crippen LogP contribution in [0.15, 0.2) is 60.7 Å². The number of imide groups is 1. The lowest BCUT2D eigenvalue weighted by atomic mass is 9.86. The van der Waals surface area contributed by atoms with Crippen LogP contribution in [0.2, 0.25) is 0 Å². The molecule has 0 saturated heterocycles. The number of hydrogen-bond donors (Lipinski definition) is 1. The highest BCUT2D eigenvalue weighted by atomic mass is 16.6. The summed E-state index contributed by atoms with van der Waals surface area (Å²) in [6.07, 6.45) is -0.695. The van der Waals surface area contributed by atoms with Crippen LogP contribution in [-0.4, -0.2) is 22.9 Å². The van der Waals surface area contributed by atoms with Gasteiger partial charge < -0.3 is 10.5 Å². The standard InChI is InChI=1S/C22H28N2O3/c1-16(18-13-9-6-10-14-18)24(20(25)19(23)22(2,3)4)21(26)27-15-17-11-7-5-8-12-17/h5-14,16,19H,15,23H2,1-4H3/t16-,19+/m0/s1. The van der Waals surface area contributed by atoms with Crippen molar-refractivity contribution in [1.82, 2.24) is 4.90 Å². The molecule has 0 aliphatic rings. The van der Waals surface area contributed by atoms with Gasteiger partial charge in [0, 0.05) is 0 Å². The van der Waals surface area contributed by atoms with E-state index in [4.69, 9.17) is 10.5 Å². The Labute approximate surface area is 161 Å². The number of carbonyl (C=O) groups is 2. The molecule has 144 valence electrons. The third-order valence-corrected chi connectivity index (χ3v) is 4.51. The van der Waals surface area contributed by atoms with Crippen LogP contribution >= 0.6 is 0 Å². The van der Waals surface area contributed by atoms with E-state index in [0.717, 1.165) is 16.0 Å². The summed E-state index contributed by atoms with van der Waals surface area (Å²) in [5.41, 5.74) is 7.37. The number of benzene rings is 2. The van der Waals surface area contributed by atoms with Crippen molar-refractivity contribution >= 4 is 12.0 Å². The number of carbonyl (C=O) groups excluding carboxylic acids is 2. The van der Waals surface area contributed by atoms with Crippen LogP contribution in [0.1, 0.15) is 44.9 Å². The van der Waals surface area contributed by atoms with Crippen LogP contribution in [0, 0.1) is 5.41 Å². The molecule has 0 fully saturated rings. The number of ether oxygens (including phenoxy) is 1. The minimum Gasteiger partial charge on any atom is -0.444 e. The maximum Gasteiger partial charge on any atom is 0.417 e. The van der Waals surface area contributed by atoms with Crippen molar-refractivity contribution in [2.24, 2.45) is 11.1 Å². The molecule has 0 bridgehead atoms. The van der Waals surface area contributed by atoms with Gasteiger partial charge in [-0.05, 0) is 23.5 Å². The molecule has 2 aromatic rings. The second-order valence-electron chi connectivity index (χ2n) is 7.68. The average molecular weight is 368 g/mol. The topological polar surface area (TPSA) is 72.6 Å². The van der Waals surface area contributed by atoms with Crippen molar-refractivity contribution in [1.29, 1.82) is 0 Å². The molecule has 0 unspecified atom stereocenters. The van der Waals surface area contributed by atoms with Crippen molar-refractivity contribution in [3.63, 3.8) is 0 Å². The largest absolute Gasteiger partial charge is 0.444 e. The molecule has 0 aliphatic carbocycles. The van der Waals surface area contributed by atoms with Gasteiger partial charge in [0.05, 0.1) is 12.1 Å². The van der Waals surface area contributed by atoms with E-state index < -0.39 is 29.5 Å². The summed E-state index contributed by atoms with van der Waals surface area (Å²) in [7, 11) is 0. The normalized spacial score (nSPS) is 13.5. The quantitative estimate of drug-likeness (QED) is 0.855. The minimum atomic E-state index is -0.826. The van der Waals surface area contributed by atoms with E-state index in [1.165, 1.54) is 0 Å². The molecule has 2 rings (SSSR count). The summed E-state index contributed by atoms with van der Waals surface area (Å²) < 4.78 is 5.43. The first-order valence-corrected chi connectivity index (χ1v) is 9.06. The Hall–Kier alpha value is -2.66. The lowest BCUT2D eigenvalue weighted by Gasteiger charge is -2.33. The summed E-state index contributed by atoms with van der Waals surface area (Å²) in [6, 6.07) is 17.4. The maximum atomic E-state index is 13.1. The second-order valence-corrected chi connectivity index (χ2v) is 7.68. The molecule has 5 nitrogen and oxygen atoms in total. The average Bonchev–Trinajstić information content (AvgIpc) is 2.66. The third-order valence-electron chi connectivity index (χ3n) is 4.51. The van der Waals surface area contributed by atoms with Gasteiger partial charge >= 0.3 is 6.09 Å². The van der Waals surface area contributed by atoms with Crippen molar-refractivity contribution in [2.75, 3.05) is 0 Å². The molecule has 0 spiro atoms. The first kappa shape index (κ1) is 20.6. The van der Waals surface area contributed by atoms with E-state index in [9.17, 15) is 9.59 Å². The summed E-state index contributed by atoms with van der Waals surface area (Å²) in [6.45, 7) is 7.50. The van der Waals surface area contributed by atoms with Gasteiger partial charge in [0.25, 0.3) is 0 Å². The van der Waals surface area contributed by atoms with Crippen LogP contribution in [0.25, 0.3) is 0 Å². The highest BCUT2D eigenvalue weighted by molar-refractivity contribution is 5.95. The zero-order chi connectivity index (χ0) is 20.0. The Morgan fingerprint density at radius 3 is 2.04 bits per heavy atom. The second kappa shape index (κ2) is 8.82. The van der Waals surface area contributed by atoms with Gasteiger partial charge in [-0.1, -0.05) is 81.4 Å². The molecule has 0 radical (unpaired) electrons. The van der Waals surface area contributed by atoms with Crippen LogP contribution in [0.5, 0.6) is 0 Å². The van der Waals surface area contributed by atoms with Gasteiger partial charge in [0.2, 0.25) is 5.91 Å². The van der Waals surface area contributed by atoms with Gasteiger partial charge in [-0.25, -0.2) is 9.69 Å². The van der Waals surface area contributed by atoms with Crippen molar-refractivity contribution in [2.45, 2.75) is 46.4 Å². The molecule has 2 aromatic carbocycles. The first-order chi connectivity index (χ1) is 12.7. The molecule has 0 aliphatic heterocycles. The number of nitrogens with zero attached hydrogens (tertiary/aromatic N) is 1. The van der Waals surface area contributed by atoms with E-state index in [0.29, 0.717) is 0 Å². The molecule has 2 amide bonds. The molecular formula is C22H28N2O3. The maximum absolute atomic E-state index is 13.1. The van der Waals surface area contributed by atoms with Crippen molar-refractivity contribution in [3.8, 4) is 0 Å². The van der Waals surface area contributed by atoms with Crippen LogP contribution < -0.4 is 5.73 Å². The molecule has 5 heteroatoms. The minimum absolute atomic E-state index is 0.0930. The Morgan fingerprint density at radius 2 is 1.52 bits per heavy atom. The van der Waals surface area contributed by atoms with Gasteiger partial charge in [-0.15, -0.1) is 0 Å². The van der Waals surface area contributed by atoms with Crippen molar-refractivity contribution < 1.29 is 14.3 Å². The summed E-state index contributed by atoms with van der Waals surface area (Å²) >= 11 is 0. The summed E-state index contributed by atoms with van der Waals surface area (Å²) in [5, 5.41) is 0. The zero-order valence-corrected chi connectivity index (χ0v) is 16.4. The summed E-state index contributed by atoms with van der Waals surface area (Å²) in [4.78, 5) is 27.0. The number of rotatable bonds is 5. The summed E-state index contributed by atoms with van der Waals surface area (Å²) in [5.74, 6) is -0.447. The number of nitrogens with two attached hydrogens (primary N) is 1. The molecular weight excluding hydrogens is 340 g/mol. The highest BCUT2D eigenvalue weighted by Gasteiger charge is 2.37. The lowest BCUT2D eigenvalue weighted by Crippen LogP contribution is -2.53. The van der Waals surface area contributed by atoms with E-state index in [2.05, 4.69) is 0 Å². The first-order valence-electron chi connectivity index (χ1n) is 9.06. The van der Waals surface area contributed by atoms with E-state index >= 15 is 0 Å². The van der Waals surface area contributed by atoms with Crippen LogP contribution in [-0.2, 0) is 16.1 Å². The van der Waals surface area contributed by atoms with Gasteiger partial charge in [-0.3, -0.25) is 4.79 Å². The fourth-order valence-electron chi connectivity index (χ4n) is 2.63. The molecule has 0 aromatic heterocycles. The van der Waals surface area contributed by atoms with E-state index in [-0.39, 0.29) is 6.61 Å². The Bertz CT molecular complexity index is 754. The molecule has 0 saturated carbocycles. The molecule has 0 heterocycles. The lowest BCUT2D eigenvalue weighted by molar-refractivity contribution is -0.135. The fourth-order valence-corrected chi connectivity index (χ4v) is 2.63. The van der Waals surface area contributed by atoms with Gasteiger partial charge in [0.15, 0.2) is 0 Å². The Kier molecular flexibility index (Phi) is 6.75. The fraction of sp³-hybridized carbons (Fsp3) is 0.364. The van der Waals surface area contributed by atoms with Crippen LogP contribution in [0.3, 0.4) is 0 Å². The molecule has 27 heavy (non-hydrogen) atoms. The van der Waals surface area contributed by atoms with Gasteiger partial charge in [0.1, 0.15) is 6.61 Å². The number of hydrogen-bond acceptors (Lipinski definition) is 4. The Balaban J connectivity index is 2.25. The SMILES string of the molecule is C[C@@H](c1ccccc1)N(C(=O)OCc1ccccc1)C(=O)[C@@H](N)C(C)(C)C. The predicted octanol–water partition coefficient (Wildman–Crippen LogP) is 4.29. The zero-order valence-electron chi connectivity index (χ0n) is 16.4. The monoisotopic (exact) mass is 368 g/mol. The number of amides is 2. The highest BCUT2D eigenvalue weighted by Crippen LogP contribution is 2.26. The molecule has 2 atom stereocenters. The van der Waals surface area contributed by atoms with Crippen molar-refractivity contribution in [3.05, 3.63) is 71.8 Å².